The van der Waals surface area contributed by atoms with Gasteiger partial charge in [-0.15, -0.1) is 11.8 Å². The summed E-state index contributed by atoms with van der Waals surface area (Å²) in [5.74, 6) is 0. The standard InChI is InChI=1S/C18H30N2O2S2/c1-9-13(23-8)16-15(19-7)12(3)14(24-16)10-11(2)20-17(21)22-18(4,5)6/h11H,9-10H2,1-8H3,(H,20,21)/b16-13-,19-15-/t11-/m0/s1. The summed E-state index contributed by atoms with van der Waals surface area (Å²) < 4.78 is 5.33. The Morgan fingerprint density at radius 3 is 2.50 bits per heavy atom. The molecule has 0 bridgehead atoms. The second kappa shape index (κ2) is 8.99. The molecule has 136 valence electrons. The van der Waals surface area contributed by atoms with Crippen LogP contribution >= 0.6 is 23.5 Å². The number of nitrogens with zero attached hydrogens (tertiary/aromatic N) is 1. The van der Waals surface area contributed by atoms with Gasteiger partial charge in [0.05, 0.1) is 5.71 Å². The smallest absolute Gasteiger partial charge is 0.407 e. The first-order chi connectivity index (χ1) is 11.1. The third-order valence-corrected chi connectivity index (χ3v) is 5.99. The van der Waals surface area contributed by atoms with Gasteiger partial charge in [-0.2, -0.15) is 0 Å². The molecule has 0 radical (unpaired) electrons. The maximum absolute atomic E-state index is 11.9. The summed E-state index contributed by atoms with van der Waals surface area (Å²) in [6.45, 7) is 11.9. The van der Waals surface area contributed by atoms with Crippen LogP contribution in [0.15, 0.2) is 25.3 Å². The molecule has 0 unspecified atom stereocenters. The fourth-order valence-electron chi connectivity index (χ4n) is 2.44. The molecule has 0 aliphatic carbocycles. The van der Waals surface area contributed by atoms with Gasteiger partial charge in [-0.3, -0.25) is 4.99 Å². The van der Waals surface area contributed by atoms with Gasteiger partial charge in [-0.05, 0) is 64.2 Å². The zero-order valence-corrected chi connectivity index (χ0v) is 17.7. The average molecular weight is 371 g/mol. The van der Waals surface area contributed by atoms with Gasteiger partial charge in [-0.1, -0.05) is 18.7 Å². The molecular weight excluding hydrogens is 340 g/mol. The molecular formula is C18H30N2O2S2. The van der Waals surface area contributed by atoms with E-state index in [0.717, 1.165) is 18.6 Å². The Hall–Kier alpha value is -0.880. The van der Waals surface area contributed by atoms with Gasteiger partial charge in [0.25, 0.3) is 0 Å². The fourth-order valence-corrected chi connectivity index (χ4v) is 4.81. The van der Waals surface area contributed by atoms with Crippen molar-refractivity contribution in [2.24, 2.45) is 4.99 Å². The summed E-state index contributed by atoms with van der Waals surface area (Å²) in [6.07, 6.45) is 3.53. The number of aliphatic imine (C=N–C) groups is 1. The van der Waals surface area contributed by atoms with Crippen LogP contribution in [0.4, 0.5) is 4.79 Å². The Morgan fingerprint density at radius 2 is 2.04 bits per heavy atom. The van der Waals surface area contributed by atoms with E-state index >= 15 is 0 Å². The highest BCUT2D eigenvalue weighted by atomic mass is 32.2. The molecule has 1 heterocycles. The summed E-state index contributed by atoms with van der Waals surface area (Å²) in [6, 6.07) is 0.00844. The number of hydrogen-bond acceptors (Lipinski definition) is 5. The molecule has 0 aromatic carbocycles. The first-order valence-electron chi connectivity index (χ1n) is 8.24. The number of rotatable bonds is 5. The number of alkyl carbamates (subject to hydrolysis) is 1. The molecule has 1 atom stereocenters. The highest BCUT2D eigenvalue weighted by Gasteiger charge is 2.27. The van der Waals surface area contributed by atoms with Crippen molar-refractivity contribution < 1.29 is 9.53 Å². The topological polar surface area (TPSA) is 50.7 Å². The second-order valence-corrected chi connectivity index (χ2v) is 8.79. The van der Waals surface area contributed by atoms with Crippen molar-refractivity contribution >= 4 is 35.3 Å². The number of nitrogens with one attached hydrogen (secondary N) is 1. The van der Waals surface area contributed by atoms with Crippen molar-refractivity contribution in [3.63, 3.8) is 0 Å². The quantitative estimate of drug-likeness (QED) is 0.707. The Balaban J connectivity index is 2.83. The first-order valence-corrected chi connectivity index (χ1v) is 10.3. The molecule has 0 fully saturated rings. The molecule has 24 heavy (non-hydrogen) atoms. The van der Waals surface area contributed by atoms with Crippen molar-refractivity contribution in [1.82, 2.24) is 5.32 Å². The van der Waals surface area contributed by atoms with Gasteiger partial charge in [-0.25, -0.2) is 4.79 Å². The predicted molar refractivity (Wildman–Crippen MR) is 108 cm³/mol. The average Bonchev–Trinajstić information content (AvgIpc) is 2.74. The molecule has 0 spiro atoms. The van der Waals surface area contributed by atoms with E-state index in [0.29, 0.717) is 0 Å². The molecule has 1 N–H and O–H groups in total. The SMILES string of the molecule is CC/C(SC)=C1/SC(C[C@H](C)NC(=O)OC(C)(C)C)=C(C)/C1=N/C. The van der Waals surface area contributed by atoms with E-state index < -0.39 is 5.60 Å². The molecule has 0 aromatic rings. The van der Waals surface area contributed by atoms with Crippen molar-refractivity contribution in [1.29, 1.82) is 0 Å². The van der Waals surface area contributed by atoms with E-state index in [2.05, 4.69) is 30.4 Å². The fraction of sp³-hybridized carbons (Fsp3) is 0.667. The van der Waals surface area contributed by atoms with E-state index in [4.69, 9.17) is 4.74 Å². The van der Waals surface area contributed by atoms with Crippen LogP contribution in [0.2, 0.25) is 0 Å². The third kappa shape index (κ3) is 5.88. The van der Waals surface area contributed by atoms with Gasteiger partial charge in [0.15, 0.2) is 0 Å². The van der Waals surface area contributed by atoms with E-state index in [-0.39, 0.29) is 12.1 Å². The Labute approximate surface area is 155 Å². The minimum atomic E-state index is -0.479. The third-order valence-electron chi connectivity index (χ3n) is 3.51. The maximum Gasteiger partial charge on any atom is 0.407 e. The lowest BCUT2D eigenvalue weighted by atomic mass is 10.1. The van der Waals surface area contributed by atoms with Crippen molar-refractivity contribution in [2.45, 2.75) is 66.0 Å². The maximum atomic E-state index is 11.9. The summed E-state index contributed by atoms with van der Waals surface area (Å²) in [7, 11) is 1.85. The van der Waals surface area contributed by atoms with Crippen LogP contribution in [-0.4, -0.2) is 36.8 Å². The minimum absolute atomic E-state index is 0.00844. The monoisotopic (exact) mass is 370 g/mol. The molecule has 0 saturated carbocycles. The molecule has 4 nitrogen and oxygen atoms in total. The van der Waals surface area contributed by atoms with Gasteiger partial charge in [0.2, 0.25) is 0 Å². The van der Waals surface area contributed by atoms with Gasteiger partial charge in [0.1, 0.15) is 5.60 Å². The zero-order valence-electron chi connectivity index (χ0n) is 16.1. The molecule has 0 saturated heterocycles. The second-order valence-electron chi connectivity index (χ2n) is 6.78. The summed E-state index contributed by atoms with van der Waals surface area (Å²) >= 11 is 3.58. The number of carbonyl (C=O) groups is 1. The summed E-state index contributed by atoms with van der Waals surface area (Å²) in [5.41, 5.74) is 1.83. The highest BCUT2D eigenvalue weighted by Crippen LogP contribution is 2.45. The van der Waals surface area contributed by atoms with Gasteiger partial charge in [0, 0.05) is 22.9 Å². The van der Waals surface area contributed by atoms with Crippen molar-refractivity contribution in [3.8, 4) is 0 Å². The number of ether oxygens (including phenoxy) is 1. The van der Waals surface area contributed by atoms with Crippen LogP contribution in [0, 0.1) is 0 Å². The van der Waals surface area contributed by atoms with Crippen LogP contribution in [0.3, 0.4) is 0 Å². The van der Waals surface area contributed by atoms with Gasteiger partial charge >= 0.3 is 6.09 Å². The van der Waals surface area contributed by atoms with Crippen molar-refractivity contribution in [3.05, 3.63) is 20.3 Å². The lowest BCUT2D eigenvalue weighted by molar-refractivity contribution is 0.0509. The van der Waals surface area contributed by atoms with Crippen LogP contribution in [0.1, 0.15) is 54.4 Å². The Morgan fingerprint density at radius 1 is 1.42 bits per heavy atom. The molecule has 1 aliphatic heterocycles. The minimum Gasteiger partial charge on any atom is -0.444 e. The number of allylic oxidation sites excluding steroid dienone is 3. The number of amides is 1. The Bertz CT molecular complexity index is 566. The number of carbonyl (C=O) groups excluding carboxylic acids is 1. The normalized spacial score (nSPS) is 20.4. The molecule has 1 aliphatic rings. The van der Waals surface area contributed by atoms with Crippen LogP contribution in [0.25, 0.3) is 0 Å². The van der Waals surface area contributed by atoms with Crippen molar-refractivity contribution in [2.75, 3.05) is 13.3 Å². The van der Waals surface area contributed by atoms with E-state index in [1.165, 1.54) is 20.3 Å². The number of thioether (sulfide) groups is 2. The van der Waals surface area contributed by atoms with Gasteiger partial charge < -0.3 is 10.1 Å². The lowest BCUT2D eigenvalue weighted by Crippen LogP contribution is -2.37. The van der Waals surface area contributed by atoms with E-state index in [1.54, 1.807) is 23.5 Å². The zero-order chi connectivity index (χ0) is 18.5. The van der Waals surface area contributed by atoms with E-state index in [1.807, 2.05) is 34.7 Å². The van der Waals surface area contributed by atoms with Crippen LogP contribution in [-0.2, 0) is 4.74 Å². The highest BCUT2D eigenvalue weighted by molar-refractivity contribution is 8.10. The molecule has 1 rings (SSSR count). The summed E-state index contributed by atoms with van der Waals surface area (Å²) in [5, 5.41) is 2.92. The largest absolute Gasteiger partial charge is 0.444 e. The lowest BCUT2D eigenvalue weighted by Gasteiger charge is -2.22. The predicted octanol–water partition coefficient (Wildman–Crippen LogP) is 5.37. The molecule has 1 amide bonds. The van der Waals surface area contributed by atoms with Crippen LogP contribution in [0.5, 0.6) is 0 Å². The first kappa shape index (κ1) is 21.2. The summed E-state index contributed by atoms with van der Waals surface area (Å²) in [4.78, 5) is 20.3. The van der Waals surface area contributed by atoms with Crippen LogP contribution < -0.4 is 5.32 Å². The Kier molecular flexibility index (Phi) is 7.93. The number of hydrogen-bond donors (Lipinski definition) is 1. The molecule has 6 heteroatoms. The van der Waals surface area contributed by atoms with E-state index in [9.17, 15) is 4.79 Å². The molecule has 0 aromatic heterocycles.